The fourth-order valence-electron chi connectivity index (χ4n) is 1.04. The lowest BCUT2D eigenvalue weighted by atomic mass is 9.95. The average Bonchev–Trinajstić information content (AvgIpc) is 1.77. The molecule has 0 nitrogen and oxygen atoms in total. The van der Waals surface area contributed by atoms with Crippen molar-refractivity contribution in [2.75, 3.05) is 0 Å². The van der Waals surface area contributed by atoms with E-state index in [0.717, 1.165) is 24.8 Å². The van der Waals surface area contributed by atoms with Gasteiger partial charge in [0.1, 0.15) is 6.17 Å². The van der Waals surface area contributed by atoms with Gasteiger partial charge in [-0.15, -0.1) is 0 Å². The second-order valence-corrected chi connectivity index (χ2v) is 2.37. The molecular weight excluding hydrogens is 103 g/mol. The van der Waals surface area contributed by atoms with Crippen molar-refractivity contribution in [3.05, 3.63) is 12.2 Å². The summed E-state index contributed by atoms with van der Waals surface area (Å²) in [5, 5.41) is 0. The molecule has 0 amide bonds. The van der Waals surface area contributed by atoms with E-state index in [2.05, 4.69) is 6.58 Å². The fraction of sp³-hybridized carbons (Fsp3) is 0.714. The molecule has 1 aliphatic carbocycles. The first-order chi connectivity index (χ1) is 3.80. The quantitative estimate of drug-likeness (QED) is 0.424. The Hall–Kier alpha value is -0.330. The second kappa shape index (κ2) is 2.29. The van der Waals surface area contributed by atoms with Crippen LogP contribution in [0.5, 0.6) is 0 Å². The SMILES string of the molecule is C=C1CCCC[C@@H]1F. The lowest BCUT2D eigenvalue weighted by Crippen LogP contribution is -2.08. The van der Waals surface area contributed by atoms with Gasteiger partial charge >= 0.3 is 0 Å². The maximum absolute atomic E-state index is 12.5. The first kappa shape index (κ1) is 5.80. The molecule has 1 aliphatic rings. The van der Waals surface area contributed by atoms with E-state index in [1.165, 1.54) is 0 Å². The molecule has 1 heteroatoms. The van der Waals surface area contributed by atoms with Gasteiger partial charge in [-0.2, -0.15) is 0 Å². The Balaban J connectivity index is 2.39. The minimum absolute atomic E-state index is 0.691. The van der Waals surface area contributed by atoms with E-state index in [-0.39, 0.29) is 0 Å². The summed E-state index contributed by atoms with van der Waals surface area (Å²) in [6.45, 7) is 3.62. The molecule has 1 saturated carbocycles. The molecule has 46 valence electrons. The van der Waals surface area contributed by atoms with E-state index in [9.17, 15) is 4.39 Å². The van der Waals surface area contributed by atoms with Gasteiger partial charge in [0, 0.05) is 0 Å². The molecule has 1 rings (SSSR count). The van der Waals surface area contributed by atoms with Gasteiger partial charge in [-0.25, -0.2) is 4.39 Å². The standard InChI is InChI=1S/C7H11F/c1-6-4-2-3-5-7(6)8/h7H,1-5H2/t7-/m0/s1. The predicted octanol–water partition coefficient (Wildman–Crippen LogP) is 2.45. The average molecular weight is 114 g/mol. The minimum atomic E-state index is -0.691. The van der Waals surface area contributed by atoms with Gasteiger partial charge in [0.15, 0.2) is 0 Å². The number of hydrogen-bond acceptors (Lipinski definition) is 0. The van der Waals surface area contributed by atoms with Crippen LogP contribution in [0.25, 0.3) is 0 Å². The topological polar surface area (TPSA) is 0 Å². The summed E-state index contributed by atoms with van der Waals surface area (Å²) in [5.41, 5.74) is 0.802. The first-order valence-electron chi connectivity index (χ1n) is 3.12. The van der Waals surface area contributed by atoms with Crippen molar-refractivity contribution in [1.29, 1.82) is 0 Å². The summed E-state index contributed by atoms with van der Waals surface area (Å²) in [4.78, 5) is 0. The molecule has 1 atom stereocenters. The molecular formula is C7H11F. The van der Waals surface area contributed by atoms with Crippen LogP contribution in [-0.2, 0) is 0 Å². The van der Waals surface area contributed by atoms with Gasteiger partial charge in [0.05, 0.1) is 0 Å². The number of rotatable bonds is 0. The maximum Gasteiger partial charge on any atom is 0.121 e. The van der Waals surface area contributed by atoms with Crippen molar-refractivity contribution in [1.82, 2.24) is 0 Å². The monoisotopic (exact) mass is 114 g/mol. The lowest BCUT2D eigenvalue weighted by Gasteiger charge is -2.16. The zero-order valence-electron chi connectivity index (χ0n) is 4.99. The van der Waals surface area contributed by atoms with Crippen LogP contribution < -0.4 is 0 Å². The van der Waals surface area contributed by atoms with Crippen molar-refractivity contribution in [3.63, 3.8) is 0 Å². The molecule has 0 bridgehead atoms. The lowest BCUT2D eigenvalue weighted by molar-refractivity contribution is 0.318. The molecule has 8 heavy (non-hydrogen) atoms. The molecule has 0 aromatic heterocycles. The molecule has 0 aliphatic heterocycles. The number of allylic oxidation sites excluding steroid dienone is 1. The zero-order chi connectivity index (χ0) is 5.98. The van der Waals surface area contributed by atoms with Crippen molar-refractivity contribution in [2.45, 2.75) is 31.9 Å². The predicted molar refractivity (Wildman–Crippen MR) is 32.5 cm³/mol. The van der Waals surface area contributed by atoms with E-state index in [1.807, 2.05) is 0 Å². The molecule has 1 fully saturated rings. The van der Waals surface area contributed by atoms with Gasteiger partial charge in [0.2, 0.25) is 0 Å². The largest absolute Gasteiger partial charge is 0.243 e. The van der Waals surface area contributed by atoms with Crippen molar-refractivity contribution in [3.8, 4) is 0 Å². The third-order valence-corrected chi connectivity index (χ3v) is 1.65. The van der Waals surface area contributed by atoms with Crippen molar-refractivity contribution >= 4 is 0 Å². The van der Waals surface area contributed by atoms with E-state index >= 15 is 0 Å². The molecule has 0 unspecified atom stereocenters. The fourth-order valence-corrected chi connectivity index (χ4v) is 1.04. The van der Waals surface area contributed by atoms with Crippen molar-refractivity contribution in [2.24, 2.45) is 0 Å². The van der Waals surface area contributed by atoms with Crippen LogP contribution in [0.3, 0.4) is 0 Å². The van der Waals surface area contributed by atoms with Crippen LogP contribution in [0.4, 0.5) is 4.39 Å². The van der Waals surface area contributed by atoms with Gasteiger partial charge < -0.3 is 0 Å². The Morgan fingerprint density at radius 3 is 2.62 bits per heavy atom. The second-order valence-electron chi connectivity index (χ2n) is 2.37. The molecule has 0 aromatic carbocycles. The van der Waals surface area contributed by atoms with Gasteiger partial charge in [-0.05, 0) is 31.3 Å². The Kier molecular flexibility index (Phi) is 1.66. The minimum Gasteiger partial charge on any atom is -0.243 e. The number of alkyl halides is 1. The van der Waals surface area contributed by atoms with Crippen LogP contribution in [-0.4, -0.2) is 6.17 Å². The Labute approximate surface area is 49.4 Å². The van der Waals surface area contributed by atoms with E-state index in [1.54, 1.807) is 0 Å². The highest BCUT2D eigenvalue weighted by atomic mass is 19.1. The normalized spacial score (nSPS) is 30.6. The van der Waals surface area contributed by atoms with E-state index in [0.29, 0.717) is 6.42 Å². The van der Waals surface area contributed by atoms with Crippen LogP contribution in [0.1, 0.15) is 25.7 Å². The van der Waals surface area contributed by atoms with Crippen LogP contribution in [0.15, 0.2) is 12.2 Å². The first-order valence-corrected chi connectivity index (χ1v) is 3.12. The van der Waals surface area contributed by atoms with Crippen LogP contribution in [0, 0.1) is 0 Å². The smallest absolute Gasteiger partial charge is 0.121 e. The molecule has 0 N–H and O–H groups in total. The van der Waals surface area contributed by atoms with Crippen LogP contribution >= 0.6 is 0 Å². The molecule has 0 radical (unpaired) electrons. The zero-order valence-corrected chi connectivity index (χ0v) is 4.99. The molecule has 0 aromatic rings. The highest BCUT2D eigenvalue weighted by molar-refractivity contribution is 5.04. The highest BCUT2D eigenvalue weighted by Crippen LogP contribution is 2.23. The third-order valence-electron chi connectivity index (χ3n) is 1.65. The number of halogens is 1. The third kappa shape index (κ3) is 1.09. The van der Waals surface area contributed by atoms with Crippen LogP contribution in [0.2, 0.25) is 0 Å². The molecule has 0 saturated heterocycles. The molecule has 0 spiro atoms. The summed E-state index contributed by atoms with van der Waals surface area (Å²) in [7, 11) is 0. The van der Waals surface area contributed by atoms with Gasteiger partial charge in [-0.3, -0.25) is 0 Å². The summed E-state index contributed by atoms with van der Waals surface area (Å²) < 4.78 is 12.5. The van der Waals surface area contributed by atoms with Gasteiger partial charge in [-0.1, -0.05) is 6.58 Å². The summed E-state index contributed by atoms with van der Waals surface area (Å²) >= 11 is 0. The summed E-state index contributed by atoms with van der Waals surface area (Å²) in [6.07, 6.45) is 3.10. The summed E-state index contributed by atoms with van der Waals surface area (Å²) in [6, 6.07) is 0. The Morgan fingerprint density at radius 1 is 1.50 bits per heavy atom. The maximum atomic E-state index is 12.5. The molecule has 0 heterocycles. The van der Waals surface area contributed by atoms with E-state index in [4.69, 9.17) is 0 Å². The number of hydrogen-bond donors (Lipinski definition) is 0. The summed E-state index contributed by atoms with van der Waals surface area (Å²) in [5.74, 6) is 0. The Bertz CT molecular complexity index is 96.6. The Morgan fingerprint density at radius 2 is 2.25 bits per heavy atom. The van der Waals surface area contributed by atoms with Gasteiger partial charge in [0.25, 0.3) is 0 Å². The van der Waals surface area contributed by atoms with E-state index < -0.39 is 6.17 Å². The van der Waals surface area contributed by atoms with Crippen molar-refractivity contribution < 1.29 is 4.39 Å². The highest BCUT2D eigenvalue weighted by Gasteiger charge is 2.14.